The van der Waals surface area contributed by atoms with Crippen molar-refractivity contribution in [3.63, 3.8) is 0 Å². The van der Waals surface area contributed by atoms with Gasteiger partial charge in [-0.25, -0.2) is 4.34 Å². The first-order chi connectivity index (χ1) is 7.27. The molecule has 0 saturated heterocycles. The topological polar surface area (TPSA) is 38.3 Å². The van der Waals surface area contributed by atoms with E-state index in [1.807, 2.05) is 30.3 Å². The van der Waals surface area contributed by atoms with Crippen molar-refractivity contribution in [1.82, 2.24) is 4.34 Å². The number of rotatable bonds is 5. The summed E-state index contributed by atoms with van der Waals surface area (Å²) in [5, 5.41) is 0. The lowest BCUT2D eigenvalue weighted by atomic mass is 10.1. The molecule has 1 aromatic carbocycles. The number of hydrogen-bond acceptors (Lipinski definition) is 3. The number of carbonyl (C=O) groups excluding carboxylic acids is 1. The quantitative estimate of drug-likeness (QED) is 0.658. The normalized spacial score (nSPS) is 12.1. The van der Waals surface area contributed by atoms with Gasteiger partial charge in [0.05, 0.1) is 6.61 Å². The molecular formula is C11H14BrNO2. The predicted octanol–water partition coefficient (Wildman–Crippen LogP) is 2.06. The van der Waals surface area contributed by atoms with Gasteiger partial charge in [0.2, 0.25) is 0 Å². The molecule has 1 atom stereocenters. The summed E-state index contributed by atoms with van der Waals surface area (Å²) in [5.74, 6) is -0.238. The molecule has 0 aliphatic rings. The van der Waals surface area contributed by atoms with E-state index in [0.717, 1.165) is 5.56 Å². The summed E-state index contributed by atoms with van der Waals surface area (Å²) < 4.78 is 7.71. The average Bonchev–Trinajstić information content (AvgIpc) is 2.27. The van der Waals surface area contributed by atoms with E-state index in [1.165, 1.54) is 0 Å². The first kappa shape index (κ1) is 12.2. The monoisotopic (exact) mass is 271 g/mol. The van der Waals surface area contributed by atoms with Gasteiger partial charge in [0.25, 0.3) is 0 Å². The van der Waals surface area contributed by atoms with Crippen molar-refractivity contribution >= 4 is 22.1 Å². The third kappa shape index (κ3) is 4.01. The Morgan fingerprint density at radius 1 is 1.47 bits per heavy atom. The minimum absolute atomic E-state index is 0.238. The van der Waals surface area contributed by atoms with Gasteiger partial charge in [0.15, 0.2) is 0 Å². The van der Waals surface area contributed by atoms with E-state index in [9.17, 15) is 4.79 Å². The molecular weight excluding hydrogens is 258 g/mol. The van der Waals surface area contributed by atoms with Gasteiger partial charge in [-0.3, -0.25) is 4.79 Å². The zero-order chi connectivity index (χ0) is 11.1. The Hall–Kier alpha value is -0.870. The lowest BCUT2D eigenvalue weighted by molar-refractivity contribution is -0.144. The van der Waals surface area contributed by atoms with Gasteiger partial charge in [-0.1, -0.05) is 30.3 Å². The summed E-state index contributed by atoms with van der Waals surface area (Å²) in [4.78, 5) is 11.5. The molecule has 0 fully saturated rings. The second kappa shape index (κ2) is 6.58. The molecule has 3 nitrogen and oxygen atoms in total. The zero-order valence-electron chi connectivity index (χ0n) is 8.57. The Labute approximate surface area is 98.2 Å². The Kier molecular flexibility index (Phi) is 5.36. The van der Waals surface area contributed by atoms with E-state index < -0.39 is 0 Å². The highest BCUT2D eigenvalue weighted by atomic mass is 79.9. The second-order valence-corrected chi connectivity index (χ2v) is 3.56. The summed E-state index contributed by atoms with van der Waals surface area (Å²) in [7, 11) is 0. The summed E-state index contributed by atoms with van der Waals surface area (Å²) in [6.45, 7) is 2.20. The van der Waals surface area contributed by atoms with Crippen LogP contribution >= 0.6 is 16.1 Å². The highest BCUT2D eigenvalue weighted by Gasteiger charge is 2.18. The van der Waals surface area contributed by atoms with Gasteiger partial charge in [-0.2, -0.15) is 0 Å². The van der Waals surface area contributed by atoms with Crippen LogP contribution in [0.15, 0.2) is 30.3 Å². The van der Waals surface area contributed by atoms with E-state index in [2.05, 4.69) is 20.5 Å². The van der Waals surface area contributed by atoms with Gasteiger partial charge >= 0.3 is 5.97 Å². The summed E-state index contributed by atoms with van der Waals surface area (Å²) >= 11 is 3.09. The number of benzene rings is 1. The van der Waals surface area contributed by atoms with Crippen molar-refractivity contribution in [2.24, 2.45) is 0 Å². The van der Waals surface area contributed by atoms with Crippen LogP contribution in [0.25, 0.3) is 0 Å². The van der Waals surface area contributed by atoms with Crippen molar-refractivity contribution < 1.29 is 9.53 Å². The van der Waals surface area contributed by atoms with Crippen molar-refractivity contribution in [3.8, 4) is 0 Å². The molecule has 0 saturated carbocycles. The van der Waals surface area contributed by atoms with Crippen molar-refractivity contribution in [2.45, 2.75) is 19.4 Å². The largest absolute Gasteiger partial charge is 0.465 e. The van der Waals surface area contributed by atoms with Crippen molar-refractivity contribution in [3.05, 3.63) is 35.9 Å². The molecule has 0 aromatic heterocycles. The fraction of sp³-hybridized carbons (Fsp3) is 0.364. The number of nitrogens with one attached hydrogen (secondary N) is 1. The molecule has 15 heavy (non-hydrogen) atoms. The van der Waals surface area contributed by atoms with Crippen molar-refractivity contribution in [1.29, 1.82) is 0 Å². The zero-order valence-corrected chi connectivity index (χ0v) is 10.2. The van der Waals surface area contributed by atoms with Crippen LogP contribution in [0.2, 0.25) is 0 Å². The summed E-state index contributed by atoms with van der Waals surface area (Å²) in [6.07, 6.45) is 0.616. The molecule has 0 spiro atoms. The number of esters is 1. The highest BCUT2D eigenvalue weighted by Crippen LogP contribution is 2.05. The summed E-state index contributed by atoms with van der Waals surface area (Å²) in [5.41, 5.74) is 1.10. The van der Waals surface area contributed by atoms with Crippen LogP contribution in [0.4, 0.5) is 0 Å². The molecule has 0 aliphatic carbocycles. The van der Waals surface area contributed by atoms with E-state index in [-0.39, 0.29) is 12.0 Å². The van der Waals surface area contributed by atoms with Crippen LogP contribution in [0.1, 0.15) is 12.5 Å². The van der Waals surface area contributed by atoms with Gasteiger partial charge in [-0.05, 0) is 18.9 Å². The van der Waals surface area contributed by atoms with Gasteiger partial charge < -0.3 is 4.74 Å². The first-order valence-corrected chi connectivity index (χ1v) is 5.64. The Bertz CT molecular complexity index is 303. The molecule has 0 radical (unpaired) electrons. The third-order valence-electron chi connectivity index (χ3n) is 1.99. The Balaban J connectivity index is 2.58. The molecule has 1 rings (SSSR count). The minimum Gasteiger partial charge on any atom is -0.465 e. The minimum atomic E-state index is -0.340. The number of halogens is 1. The fourth-order valence-electron chi connectivity index (χ4n) is 1.26. The molecule has 0 aliphatic heterocycles. The Morgan fingerprint density at radius 2 is 2.13 bits per heavy atom. The van der Waals surface area contributed by atoms with E-state index in [0.29, 0.717) is 13.0 Å². The molecule has 1 aromatic rings. The van der Waals surface area contributed by atoms with E-state index in [4.69, 9.17) is 4.74 Å². The van der Waals surface area contributed by atoms with Gasteiger partial charge in [0, 0.05) is 16.1 Å². The van der Waals surface area contributed by atoms with Crippen LogP contribution in [0, 0.1) is 0 Å². The molecule has 0 bridgehead atoms. The maximum absolute atomic E-state index is 11.5. The molecule has 0 amide bonds. The Morgan fingerprint density at radius 3 is 2.67 bits per heavy atom. The lowest BCUT2D eigenvalue weighted by Gasteiger charge is -2.13. The third-order valence-corrected chi connectivity index (χ3v) is 2.54. The smallest absolute Gasteiger partial charge is 0.324 e. The van der Waals surface area contributed by atoms with Crippen LogP contribution < -0.4 is 4.34 Å². The predicted molar refractivity (Wildman–Crippen MR) is 62.6 cm³/mol. The van der Waals surface area contributed by atoms with Crippen molar-refractivity contribution in [2.75, 3.05) is 6.61 Å². The van der Waals surface area contributed by atoms with Crippen LogP contribution in [-0.4, -0.2) is 18.6 Å². The lowest BCUT2D eigenvalue weighted by Crippen LogP contribution is -2.34. The van der Waals surface area contributed by atoms with Crippen LogP contribution in [0.3, 0.4) is 0 Å². The highest BCUT2D eigenvalue weighted by molar-refractivity contribution is 9.08. The number of hydrogen-bond donors (Lipinski definition) is 1. The van der Waals surface area contributed by atoms with Crippen LogP contribution in [0.5, 0.6) is 0 Å². The molecule has 1 N–H and O–H groups in total. The molecule has 0 heterocycles. The van der Waals surface area contributed by atoms with Crippen LogP contribution in [-0.2, 0) is 16.0 Å². The number of ether oxygens (including phenoxy) is 1. The number of carbonyl (C=O) groups is 1. The summed E-state index contributed by atoms with van der Waals surface area (Å²) in [6, 6.07) is 9.47. The second-order valence-electron chi connectivity index (χ2n) is 3.10. The first-order valence-electron chi connectivity index (χ1n) is 4.84. The van der Waals surface area contributed by atoms with E-state index >= 15 is 0 Å². The SMILES string of the molecule is CCOC(=O)[C@H](Cc1ccccc1)NBr. The molecule has 4 heteroatoms. The average molecular weight is 272 g/mol. The standard InChI is InChI=1S/C11H14BrNO2/c1-2-15-11(14)10(13-12)8-9-6-4-3-5-7-9/h3-7,10,13H,2,8H2,1H3/t10-/m0/s1. The fourth-order valence-corrected chi connectivity index (χ4v) is 1.61. The molecule has 82 valence electrons. The van der Waals surface area contributed by atoms with E-state index in [1.54, 1.807) is 6.92 Å². The van der Waals surface area contributed by atoms with Gasteiger partial charge in [0.1, 0.15) is 6.04 Å². The molecule has 0 unspecified atom stereocenters. The maximum atomic E-state index is 11.5. The van der Waals surface area contributed by atoms with Gasteiger partial charge in [-0.15, -0.1) is 0 Å². The maximum Gasteiger partial charge on any atom is 0.324 e.